The zero-order chi connectivity index (χ0) is 22.1. The molecule has 1 aromatic carbocycles. The molecular formula is C24H29FN4O3. The highest BCUT2D eigenvalue weighted by Crippen LogP contribution is 2.42. The van der Waals surface area contributed by atoms with E-state index in [2.05, 4.69) is 15.2 Å². The molecule has 2 aliphatic heterocycles. The normalized spacial score (nSPS) is 25.4. The van der Waals surface area contributed by atoms with Crippen LogP contribution in [0.1, 0.15) is 31.2 Å². The van der Waals surface area contributed by atoms with Crippen LogP contribution in [0.3, 0.4) is 0 Å². The minimum atomic E-state index is -1.89. The van der Waals surface area contributed by atoms with Gasteiger partial charge in [-0.05, 0) is 49.9 Å². The largest absolute Gasteiger partial charge is 0.381 e. The molecule has 1 saturated heterocycles. The van der Waals surface area contributed by atoms with E-state index in [9.17, 15) is 4.79 Å². The van der Waals surface area contributed by atoms with Crippen molar-refractivity contribution >= 4 is 28.8 Å². The van der Waals surface area contributed by atoms with Crippen LogP contribution < -0.4 is 15.1 Å². The van der Waals surface area contributed by atoms with E-state index >= 15 is 4.39 Å². The Labute approximate surface area is 187 Å². The second-order valence-corrected chi connectivity index (χ2v) is 8.73. The molecule has 1 amide bonds. The first-order valence-electron chi connectivity index (χ1n) is 11.3. The number of carbonyl (C=O) groups excluding carboxylic acids is 1. The second-order valence-electron chi connectivity index (χ2n) is 8.73. The van der Waals surface area contributed by atoms with Crippen molar-refractivity contribution in [2.24, 2.45) is 0 Å². The third kappa shape index (κ3) is 3.93. The monoisotopic (exact) mass is 440 g/mol. The van der Waals surface area contributed by atoms with Crippen molar-refractivity contribution in [2.75, 3.05) is 48.5 Å². The molecule has 1 saturated carbocycles. The fraction of sp³-hybridized carbons (Fsp3) is 0.500. The van der Waals surface area contributed by atoms with E-state index in [4.69, 9.17) is 9.47 Å². The summed E-state index contributed by atoms with van der Waals surface area (Å²) in [5, 5.41) is 3.36. The summed E-state index contributed by atoms with van der Waals surface area (Å²) in [5.74, 6) is 0.213. The van der Waals surface area contributed by atoms with Crippen molar-refractivity contribution in [2.45, 2.75) is 44.0 Å². The van der Waals surface area contributed by atoms with Gasteiger partial charge in [0.05, 0.1) is 37.2 Å². The van der Waals surface area contributed by atoms with E-state index in [1.165, 1.54) is 0 Å². The third-order valence-corrected chi connectivity index (χ3v) is 6.81. The maximum atomic E-state index is 16.0. The predicted octanol–water partition coefficient (Wildman–Crippen LogP) is 3.81. The van der Waals surface area contributed by atoms with Crippen LogP contribution in [0.5, 0.6) is 0 Å². The first-order chi connectivity index (χ1) is 15.6. The van der Waals surface area contributed by atoms with Crippen LogP contribution >= 0.6 is 0 Å². The Kier molecular flexibility index (Phi) is 5.73. The summed E-state index contributed by atoms with van der Waals surface area (Å²) in [4.78, 5) is 22.0. The van der Waals surface area contributed by atoms with Crippen molar-refractivity contribution in [3.05, 3.63) is 42.1 Å². The van der Waals surface area contributed by atoms with Crippen LogP contribution in [-0.2, 0) is 20.8 Å². The SMILES string of the molecule is COC1CCC(F)(C(=O)N2Cc3cccnc3Nc3ccc(N4CCOCC4)cc32)CC1. The second kappa shape index (κ2) is 8.67. The summed E-state index contributed by atoms with van der Waals surface area (Å²) in [7, 11) is 1.64. The Balaban J connectivity index is 1.52. The van der Waals surface area contributed by atoms with Crippen molar-refractivity contribution in [1.29, 1.82) is 0 Å². The fourth-order valence-corrected chi connectivity index (χ4v) is 4.85. The van der Waals surface area contributed by atoms with Gasteiger partial charge in [0.1, 0.15) is 5.82 Å². The van der Waals surface area contributed by atoms with Gasteiger partial charge in [-0.3, -0.25) is 4.79 Å². The van der Waals surface area contributed by atoms with Crippen LogP contribution in [0, 0.1) is 0 Å². The van der Waals surface area contributed by atoms with Gasteiger partial charge in [-0.25, -0.2) is 9.37 Å². The molecular weight excluding hydrogens is 411 g/mol. The Bertz CT molecular complexity index is 987. The van der Waals surface area contributed by atoms with Crippen LogP contribution in [-0.4, -0.2) is 56.1 Å². The minimum absolute atomic E-state index is 0.0163. The molecule has 1 aliphatic carbocycles. The molecule has 0 spiro atoms. The topological polar surface area (TPSA) is 66.9 Å². The first-order valence-corrected chi connectivity index (χ1v) is 11.3. The Morgan fingerprint density at radius 2 is 2.03 bits per heavy atom. The summed E-state index contributed by atoms with van der Waals surface area (Å²) in [6, 6.07) is 9.74. The number of rotatable bonds is 3. The number of carbonyl (C=O) groups is 1. The zero-order valence-corrected chi connectivity index (χ0v) is 18.3. The number of methoxy groups -OCH3 is 1. The Hall–Kier alpha value is -2.71. The highest BCUT2D eigenvalue weighted by molar-refractivity contribution is 6.03. The maximum absolute atomic E-state index is 16.0. The van der Waals surface area contributed by atoms with Crippen LogP contribution in [0.15, 0.2) is 36.5 Å². The lowest BCUT2D eigenvalue weighted by atomic mass is 9.83. The van der Waals surface area contributed by atoms with E-state index in [0.29, 0.717) is 37.6 Å². The predicted molar refractivity (Wildman–Crippen MR) is 121 cm³/mol. The number of nitrogens with zero attached hydrogens (tertiary/aromatic N) is 3. The standard InChI is InChI=1S/C24H29FN4O3/c1-31-19-6-8-24(25,9-7-19)23(30)29-16-17-3-2-10-26-22(17)27-20-5-4-18(15-21(20)29)28-11-13-32-14-12-28/h2-5,10,15,19H,6-9,11-14,16H2,1H3,(H,26,27). The molecule has 0 radical (unpaired) electrons. The van der Waals surface area contributed by atoms with E-state index in [1.54, 1.807) is 18.2 Å². The van der Waals surface area contributed by atoms with E-state index in [-0.39, 0.29) is 25.5 Å². The molecule has 2 fully saturated rings. The van der Waals surface area contributed by atoms with Crippen LogP contribution in [0.25, 0.3) is 0 Å². The Morgan fingerprint density at radius 3 is 2.78 bits per heavy atom. The van der Waals surface area contributed by atoms with Crippen molar-refractivity contribution in [3.63, 3.8) is 0 Å². The number of benzene rings is 1. The molecule has 7 nitrogen and oxygen atoms in total. The lowest BCUT2D eigenvalue weighted by Gasteiger charge is -2.36. The van der Waals surface area contributed by atoms with Crippen molar-refractivity contribution in [3.8, 4) is 0 Å². The van der Waals surface area contributed by atoms with E-state index in [1.807, 2.05) is 30.3 Å². The van der Waals surface area contributed by atoms with Gasteiger partial charge in [0.2, 0.25) is 0 Å². The summed E-state index contributed by atoms with van der Waals surface area (Å²) in [6.07, 6.45) is 3.17. The van der Waals surface area contributed by atoms with Gasteiger partial charge in [0, 0.05) is 37.6 Å². The first kappa shape index (κ1) is 21.2. The molecule has 0 unspecified atom stereocenters. The minimum Gasteiger partial charge on any atom is -0.381 e. The third-order valence-electron chi connectivity index (χ3n) is 6.81. The summed E-state index contributed by atoms with van der Waals surface area (Å²) in [6.45, 7) is 3.18. The van der Waals surface area contributed by atoms with Gasteiger partial charge in [-0.2, -0.15) is 0 Å². The van der Waals surface area contributed by atoms with Gasteiger partial charge >= 0.3 is 0 Å². The lowest BCUT2D eigenvalue weighted by Crippen LogP contribution is -2.48. The average molecular weight is 441 g/mol. The molecule has 170 valence electrons. The van der Waals surface area contributed by atoms with Gasteiger partial charge < -0.3 is 24.6 Å². The number of fused-ring (bicyclic) bond motifs is 2. The van der Waals surface area contributed by atoms with E-state index < -0.39 is 11.6 Å². The maximum Gasteiger partial charge on any atom is 0.265 e. The molecule has 1 N–H and O–H groups in total. The van der Waals surface area contributed by atoms with Gasteiger partial charge in [-0.15, -0.1) is 0 Å². The molecule has 3 aliphatic rings. The number of aromatic nitrogens is 1. The van der Waals surface area contributed by atoms with E-state index in [0.717, 1.165) is 30.0 Å². The summed E-state index contributed by atoms with van der Waals surface area (Å²) < 4.78 is 26.9. The Morgan fingerprint density at radius 1 is 1.25 bits per heavy atom. The van der Waals surface area contributed by atoms with Crippen LogP contribution in [0.2, 0.25) is 0 Å². The molecule has 0 bridgehead atoms. The molecule has 1 aromatic heterocycles. The molecule has 8 heteroatoms. The number of pyridine rings is 1. The molecule has 0 atom stereocenters. The quantitative estimate of drug-likeness (QED) is 0.783. The average Bonchev–Trinajstić information content (AvgIpc) is 3.01. The highest BCUT2D eigenvalue weighted by Gasteiger charge is 2.46. The number of hydrogen-bond acceptors (Lipinski definition) is 6. The number of ether oxygens (including phenoxy) is 2. The van der Waals surface area contributed by atoms with Gasteiger partial charge in [-0.1, -0.05) is 6.07 Å². The van der Waals surface area contributed by atoms with Crippen molar-refractivity contribution in [1.82, 2.24) is 4.98 Å². The number of alkyl halides is 1. The highest BCUT2D eigenvalue weighted by atomic mass is 19.1. The molecule has 32 heavy (non-hydrogen) atoms. The van der Waals surface area contributed by atoms with Crippen molar-refractivity contribution < 1.29 is 18.7 Å². The van der Waals surface area contributed by atoms with Gasteiger partial charge in [0.15, 0.2) is 5.67 Å². The number of hydrogen-bond donors (Lipinski definition) is 1. The summed E-state index contributed by atoms with van der Waals surface area (Å²) >= 11 is 0. The number of morpholine rings is 1. The zero-order valence-electron chi connectivity index (χ0n) is 18.3. The fourth-order valence-electron chi connectivity index (χ4n) is 4.85. The molecule has 5 rings (SSSR count). The molecule has 2 aromatic rings. The number of halogens is 1. The summed E-state index contributed by atoms with van der Waals surface area (Å²) in [5.41, 5.74) is 1.40. The number of nitrogens with one attached hydrogen (secondary N) is 1. The molecule has 3 heterocycles. The smallest absolute Gasteiger partial charge is 0.265 e. The number of anilines is 4. The van der Waals surface area contributed by atoms with Gasteiger partial charge in [0.25, 0.3) is 5.91 Å². The van der Waals surface area contributed by atoms with Crippen LogP contribution in [0.4, 0.5) is 27.3 Å². The lowest BCUT2D eigenvalue weighted by molar-refractivity contribution is -0.134. The number of amides is 1.